The van der Waals surface area contributed by atoms with Crippen LogP contribution < -0.4 is 0 Å². The SMILES string of the molecule is C/C(=C/C(=O)OCc1sc(C)nc1C)c1ccccc1Cl. The van der Waals surface area contributed by atoms with Crippen LogP contribution in [0.2, 0.25) is 5.02 Å². The molecule has 110 valence electrons. The highest BCUT2D eigenvalue weighted by molar-refractivity contribution is 7.11. The van der Waals surface area contributed by atoms with Crippen molar-refractivity contribution in [2.75, 3.05) is 0 Å². The van der Waals surface area contributed by atoms with Gasteiger partial charge in [-0.25, -0.2) is 9.78 Å². The first kappa shape index (κ1) is 15.7. The number of nitrogens with zero attached hydrogens (tertiary/aromatic N) is 1. The van der Waals surface area contributed by atoms with Gasteiger partial charge in [-0.05, 0) is 38.0 Å². The molecular formula is C16H16ClNO2S. The number of carbonyl (C=O) groups excluding carboxylic acids is 1. The molecule has 5 heteroatoms. The molecule has 0 fully saturated rings. The summed E-state index contributed by atoms with van der Waals surface area (Å²) in [6.07, 6.45) is 1.46. The van der Waals surface area contributed by atoms with E-state index in [1.165, 1.54) is 6.08 Å². The third kappa shape index (κ3) is 4.16. The van der Waals surface area contributed by atoms with E-state index in [4.69, 9.17) is 16.3 Å². The van der Waals surface area contributed by atoms with E-state index in [1.807, 2.05) is 39.0 Å². The van der Waals surface area contributed by atoms with Crippen LogP contribution in [0.25, 0.3) is 5.57 Å². The van der Waals surface area contributed by atoms with Crippen LogP contribution in [-0.2, 0) is 16.1 Å². The lowest BCUT2D eigenvalue weighted by Gasteiger charge is -2.05. The van der Waals surface area contributed by atoms with Gasteiger partial charge < -0.3 is 4.74 Å². The van der Waals surface area contributed by atoms with Crippen molar-refractivity contribution in [2.24, 2.45) is 0 Å². The fourth-order valence-corrected chi connectivity index (χ4v) is 3.06. The van der Waals surface area contributed by atoms with Gasteiger partial charge in [0.15, 0.2) is 0 Å². The van der Waals surface area contributed by atoms with Gasteiger partial charge in [0.05, 0.1) is 15.6 Å². The van der Waals surface area contributed by atoms with E-state index in [-0.39, 0.29) is 12.6 Å². The minimum atomic E-state index is -0.377. The molecule has 1 aromatic carbocycles. The molecule has 0 spiro atoms. The van der Waals surface area contributed by atoms with Crippen LogP contribution in [-0.4, -0.2) is 11.0 Å². The smallest absolute Gasteiger partial charge is 0.331 e. The van der Waals surface area contributed by atoms with Gasteiger partial charge in [-0.3, -0.25) is 0 Å². The highest BCUT2D eigenvalue weighted by atomic mass is 35.5. The molecular weight excluding hydrogens is 306 g/mol. The average molecular weight is 322 g/mol. The Kier molecular flexibility index (Phi) is 5.15. The molecule has 3 nitrogen and oxygen atoms in total. The number of rotatable bonds is 4. The van der Waals surface area contributed by atoms with Crippen molar-refractivity contribution >= 4 is 34.5 Å². The van der Waals surface area contributed by atoms with Gasteiger partial charge in [-0.2, -0.15) is 0 Å². The Hall–Kier alpha value is -1.65. The molecule has 0 N–H and O–H groups in total. The van der Waals surface area contributed by atoms with Gasteiger partial charge in [0.1, 0.15) is 6.61 Å². The van der Waals surface area contributed by atoms with E-state index in [1.54, 1.807) is 17.4 Å². The number of thiazole rings is 1. The van der Waals surface area contributed by atoms with Crippen LogP contribution in [0.15, 0.2) is 30.3 Å². The van der Waals surface area contributed by atoms with Crippen molar-refractivity contribution in [2.45, 2.75) is 27.4 Å². The molecule has 0 saturated carbocycles. The lowest BCUT2D eigenvalue weighted by atomic mass is 10.1. The first-order valence-electron chi connectivity index (χ1n) is 6.50. The van der Waals surface area contributed by atoms with Crippen molar-refractivity contribution < 1.29 is 9.53 Å². The summed E-state index contributed by atoms with van der Waals surface area (Å²) in [6.45, 7) is 5.94. The number of hydrogen-bond acceptors (Lipinski definition) is 4. The average Bonchev–Trinajstić information content (AvgIpc) is 2.75. The first-order valence-corrected chi connectivity index (χ1v) is 7.69. The predicted molar refractivity (Wildman–Crippen MR) is 86.5 cm³/mol. The number of esters is 1. The van der Waals surface area contributed by atoms with Crippen molar-refractivity contribution in [3.8, 4) is 0 Å². The van der Waals surface area contributed by atoms with Crippen molar-refractivity contribution in [3.05, 3.63) is 56.5 Å². The van der Waals surface area contributed by atoms with Crippen LogP contribution >= 0.6 is 22.9 Å². The number of carbonyl (C=O) groups is 1. The molecule has 0 amide bonds. The molecule has 0 unspecified atom stereocenters. The third-order valence-corrected chi connectivity index (χ3v) is 4.35. The molecule has 0 saturated heterocycles. The molecule has 0 aliphatic rings. The van der Waals surface area contributed by atoms with Crippen LogP contribution in [0.5, 0.6) is 0 Å². The Morgan fingerprint density at radius 3 is 2.71 bits per heavy atom. The number of allylic oxidation sites excluding steroid dienone is 1. The van der Waals surface area contributed by atoms with Gasteiger partial charge in [-0.1, -0.05) is 29.8 Å². The van der Waals surface area contributed by atoms with Crippen LogP contribution in [0.3, 0.4) is 0 Å². The minimum Gasteiger partial charge on any atom is -0.457 e. The fraction of sp³-hybridized carbons (Fsp3) is 0.250. The fourth-order valence-electron chi connectivity index (χ4n) is 1.92. The third-order valence-electron chi connectivity index (χ3n) is 2.98. The van der Waals surface area contributed by atoms with E-state index in [9.17, 15) is 4.79 Å². The molecule has 0 bridgehead atoms. The van der Waals surface area contributed by atoms with Gasteiger partial charge >= 0.3 is 5.97 Å². The van der Waals surface area contributed by atoms with Gasteiger partial charge in [0.2, 0.25) is 0 Å². The van der Waals surface area contributed by atoms with E-state index in [0.29, 0.717) is 5.02 Å². The molecule has 1 heterocycles. The van der Waals surface area contributed by atoms with Crippen molar-refractivity contribution in [3.63, 3.8) is 0 Å². The van der Waals surface area contributed by atoms with Crippen LogP contribution in [0.4, 0.5) is 0 Å². The van der Waals surface area contributed by atoms with Crippen LogP contribution in [0, 0.1) is 13.8 Å². The lowest BCUT2D eigenvalue weighted by Crippen LogP contribution is -2.01. The zero-order valence-electron chi connectivity index (χ0n) is 12.1. The monoisotopic (exact) mass is 321 g/mol. The number of ether oxygens (including phenoxy) is 1. The molecule has 0 aliphatic carbocycles. The molecule has 1 aromatic heterocycles. The highest BCUT2D eigenvalue weighted by Gasteiger charge is 2.08. The van der Waals surface area contributed by atoms with E-state index < -0.39 is 0 Å². The predicted octanol–water partition coefficient (Wildman–Crippen LogP) is 4.56. The summed E-state index contributed by atoms with van der Waals surface area (Å²) in [6, 6.07) is 7.40. The molecule has 0 atom stereocenters. The molecule has 0 aliphatic heterocycles. The molecule has 2 aromatic rings. The Bertz CT molecular complexity index is 691. The largest absolute Gasteiger partial charge is 0.457 e. The van der Waals surface area contributed by atoms with E-state index in [0.717, 1.165) is 26.7 Å². The quantitative estimate of drug-likeness (QED) is 0.612. The van der Waals surface area contributed by atoms with Gasteiger partial charge in [0, 0.05) is 11.1 Å². The summed E-state index contributed by atoms with van der Waals surface area (Å²) in [4.78, 5) is 17.2. The van der Waals surface area contributed by atoms with Crippen LogP contribution in [0.1, 0.15) is 28.1 Å². The summed E-state index contributed by atoms with van der Waals surface area (Å²) in [7, 11) is 0. The van der Waals surface area contributed by atoms with Gasteiger partial charge in [0.25, 0.3) is 0 Å². The number of aryl methyl sites for hydroxylation is 2. The summed E-state index contributed by atoms with van der Waals surface area (Å²) in [5.74, 6) is -0.377. The number of benzene rings is 1. The summed E-state index contributed by atoms with van der Waals surface area (Å²) in [5.41, 5.74) is 2.53. The standard InChI is InChI=1S/C16H16ClNO2S/c1-10(13-6-4-5-7-14(13)17)8-16(19)20-9-15-11(2)18-12(3)21-15/h4-8H,9H2,1-3H3/b10-8-. The maximum absolute atomic E-state index is 11.9. The summed E-state index contributed by atoms with van der Waals surface area (Å²) in [5, 5.41) is 1.59. The topological polar surface area (TPSA) is 39.2 Å². The zero-order chi connectivity index (χ0) is 15.4. The Morgan fingerprint density at radius 1 is 1.38 bits per heavy atom. The first-order chi connectivity index (χ1) is 9.97. The number of halogens is 1. The maximum Gasteiger partial charge on any atom is 0.331 e. The zero-order valence-corrected chi connectivity index (χ0v) is 13.7. The minimum absolute atomic E-state index is 0.252. The second-order valence-electron chi connectivity index (χ2n) is 4.66. The van der Waals surface area contributed by atoms with E-state index in [2.05, 4.69) is 4.98 Å². The summed E-state index contributed by atoms with van der Waals surface area (Å²) < 4.78 is 5.27. The second kappa shape index (κ2) is 6.87. The number of hydrogen-bond donors (Lipinski definition) is 0. The number of aromatic nitrogens is 1. The normalized spacial score (nSPS) is 11.5. The van der Waals surface area contributed by atoms with Crippen molar-refractivity contribution in [1.82, 2.24) is 4.98 Å². The maximum atomic E-state index is 11.9. The molecule has 2 rings (SSSR count). The Balaban J connectivity index is 2.02. The summed E-state index contributed by atoms with van der Waals surface area (Å²) >= 11 is 7.64. The lowest BCUT2D eigenvalue weighted by molar-refractivity contribution is -0.138. The van der Waals surface area contributed by atoms with Gasteiger partial charge in [-0.15, -0.1) is 11.3 Å². The Labute approximate surface area is 133 Å². The Morgan fingerprint density at radius 2 is 2.10 bits per heavy atom. The molecule has 21 heavy (non-hydrogen) atoms. The second-order valence-corrected chi connectivity index (χ2v) is 6.35. The highest BCUT2D eigenvalue weighted by Crippen LogP contribution is 2.23. The van der Waals surface area contributed by atoms with Crippen molar-refractivity contribution in [1.29, 1.82) is 0 Å². The molecule has 0 radical (unpaired) electrons. The van der Waals surface area contributed by atoms with E-state index >= 15 is 0 Å².